The van der Waals surface area contributed by atoms with Crippen molar-refractivity contribution in [1.82, 2.24) is 9.97 Å². The third kappa shape index (κ3) is 2.73. The number of rotatable bonds is 3. The molecule has 6 heteroatoms. The van der Waals surface area contributed by atoms with E-state index in [4.69, 9.17) is 0 Å². The van der Waals surface area contributed by atoms with Crippen molar-refractivity contribution in [2.45, 2.75) is 6.92 Å². The highest BCUT2D eigenvalue weighted by atomic mass is 16.3. The number of nitrogens with zero attached hydrogens (tertiary/aromatic N) is 2. The van der Waals surface area contributed by atoms with E-state index in [0.29, 0.717) is 11.1 Å². The lowest BCUT2D eigenvalue weighted by Crippen LogP contribution is -2.12. The summed E-state index contributed by atoms with van der Waals surface area (Å²) in [5, 5.41) is 13.4. The predicted molar refractivity (Wildman–Crippen MR) is 68.9 cm³/mol. The highest BCUT2D eigenvalue weighted by Crippen LogP contribution is 2.12. The zero-order valence-electron chi connectivity index (χ0n) is 9.71. The van der Waals surface area contributed by atoms with Crippen molar-refractivity contribution in [2.24, 2.45) is 5.10 Å². The van der Waals surface area contributed by atoms with Crippen LogP contribution in [0.25, 0.3) is 0 Å². The maximum absolute atomic E-state index is 11.3. The highest BCUT2D eigenvalue weighted by molar-refractivity contribution is 5.83. The number of aryl methyl sites for hydroxylation is 1. The Bertz CT molecular complexity index is 634. The number of aromatic hydroxyl groups is 1. The number of hydrazone groups is 1. The SMILES string of the molecule is Cc1cnc(N/N=C\c2ccccc2O)[nH]c1=O. The Balaban J connectivity index is 2.10. The Kier molecular flexibility index (Phi) is 3.38. The first-order chi connectivity index (χ1) is 8.66. The highest BCUT2D eigenvalue weighted by Gasteiger charge is 1.97. The lowest BCUT2D eigenvalue weighted by molar-refractivity contribution is 0.474. The predicted octanol–water partition coefficient (Wildman–Crippen LogP) is 1.23. The van der Waals surface area contributed by atoms with Gasteiger partial charge in [0.15, 0.2) is 0 Å². The average Bonchev–Trinajstić information content (AvgIpc) is 2.36. The van der Waals surface area contributed by atoms with Gasteiger partial charge in [-0.1, -0.05) is 12.1 Å². The topological polar surface area (TPSA) is 90.4 Å². The maximum Gasteiger partial charge on any atom is 0.255 e. The number of para-hydroxylation sites is 1. The van der Waals surface area contributed by atoms with E-state index in [1.54, 1.807) is 31.2 Å². The second-order valence-electron chi connectivity index (χ2n) is 3.67. The molecule has 0 radical (unpaired) electrons. The lowest BCUT2D eigenvalue weighted by atomic mass is 10.2. The Morgan fingerprint density at radius 1 is 1.44 bits per heavy atom. The quantitative estimate of drug-likeness (QED) is 0.559. The summed E-state index contributed by atoms with van der Waals surface area (Å²) in [6.07, 6.45) is 2.89. The van der Waals surface area contributed by atoms with Crippen LogP contribution in [-0.2, 0) is 0 Å². The summed E-state index contributed by atoms with van der Waals surface area (Å²) in [6, 6.07) is 6.78. The molecule has 18 heavy (non-hydrogen) atoms. The van der Waals surface area contributed by atoms with Gasteiger partial charge in [0.1, 0.15) is 5.75 Å². The van der Waals surface area contributed by atoms with E-state index in [2.05, 4.69) is 20.5 Å². The van der Waals surface area contributed by atoms with E-state index < -0.39 is 0 Å². The molecular formula is C12H12N4O2. The monoisotopic (exact) mass is 244 g/mol. The van der Waals surface area contributed by atoms with E-state index in [0.717, 1.165) is 0 Å². The summed E-state index contributed by atoms with van der Waals surface area (Å²) in [7, 11) is 0. The minimum atomic E-state index is -0.217. The van der Waals surface area contributed by atoms with Crippen LogP contribution in [0.5, 0.6) is 5.75 Å². The summed E-state index contributed by atoms with van der Waals surface area (Å²) in [5.74, 6) is 0.380. The van der Waals surface area contributed by atoms with E-state index in [1.807, 2.05) is 0 Å². The summed E-state index contributed by atoms with van der Waals surface area (Å²) in [4.78, 5) is 17.8. The summed E-state index contributed by atoms with van der Waals surface area (Å²) in [6.45, 7) is 1.67. The van der Waals surface area contributed by atoms with Crippen LogP contribution in [0.3, 0.4) is 0 Å². The van der Waals surface area contributed by atoms with Crippen molar-refractivity contribution >= 4 is 12.2 Å². The van der Waals surface area contributed by atoms with Gasteiger partial charge in [0.2, 0.25) is 5.95 Å². The Hall–Kier alpha value is -2.63. The molecule has 1 aromatic heterocycles. The third-order valence-corrected chi connectivity index (χ3v) is 2.29. The smallest absolute Gasteiger partial charge is 0.255 e. The molecule has 0 atom stereocenters. The Morgan fingerprint density at radius 2 is 2.22 bits per heavy atom. The van der Waals surface area contributed by atoms with Crippen molar-refractivity contribution in [1.29, 1.82) is 0 Å². The average molecular weight is 244 g/mol. The van der Waals surface area contributed by atoms with Gasteiger partial charge in [0.25, 0.3) is 5.56 Å². The van der Waals surface area contributed by atoms with E-state index in [9.17, 15) is 9.90 Å². The van der Waals surface area contributed by atoms with Crippen molar-refractivity contribution < 1.29 is 5.11 Å². The molecular weight excluding hydrogens is 232 g/mol. The number of hydrogen-bond acceptors (Lipinski definition) is 5. The van der Waals surface area contributed by atoms with Crippen LogP contribution in [0, 0.1) is 6.92 Å². The van der Waals surface area contributed by atoms with Gasteiger partial charge in [0, 0.05) is 17.3 Å². The number of nitrogens with one attached hydrogen (secondary N) is 2. The maximum atomic E-state index is 11.3. The molecule has 0 spiro atoms. The molecule has 0 bridgehead atoms. The molecule has 0 saturated heterocycles. The summed E-state index contributed by atoms with van der Waals surface area (Å²) < 4.78 is 0. The fourth-order valence-electron chi connectivity index (χ4n) is 1.27. The molecule has 0 amide bonds. The van der Waals surface area contributed by atoms with Crippen molar-refractivity contribution in [2.75, 3.05) is 5.43 Å². The third-order valence-electron chi connectivity index (χ3n) is 2.29. The molecule has 1 aromatic carbocycles. The van der Waals surface area contributed by atoms with Crippen LogP contribution >= 0.6 is 0 Å². The number of H-pyrrole nitrogens is 1. The Labute approximate surface area is 103 Å². The molecule has 2 aromatic rings. The standard InChI is InChI=1S/C12H12N4O2/c1-8-6-13-12(15-11(8)18)16-14-7-9-4-2-3-5-10(9)17/h2-7,17H,1H3,(H2,13,15,16,18)/b14-7-. The minimum absolute atomic E-state index is 0.133. The molecule has 1 heterocycles. The number of phenols is 1. The molecule has 0 saturated carbocycles. The molecule has 0 aliphatic carbocycles. The molecule has 3 N–H and O–H groups in total. The number of aromatic amines is 1. The fraction of sp³-hybridized carbons (Fsp3) is 0.0833. The molecule has 0 fully saturated rings. The first-order valence-electron chi connectivity index (χ1n) is 5.30. The number of benzene rings is 1. The summed E-state index contributed by atoms with van der Waals surface area (Å²) >= 11 is 0. The molecule has 0 aliphatic rings. The first-order valence-corrected chi connectivity index (χ1v) is 5.30. The van der Waals surface area contributed by atoms with Gasteiger partial charge in [-0.15, -0.1) is 0 Å². The molecule has 6 nitrogen and oxygen atoms in total. The number of hydrogen-bond donors (Lipinski definition) is 3. The number of anilines is 1. The van der Waals surface area contributed by atoms with Crippen molar-refractivity contribution in [3.8, 4) is 5.75 Å². The first kappa shape index (κ1) is 11.8. The van der Waals surface area contributed by atoms with Gasteiger partial charge in [-0.3, -0.25) is 9.78 Å². The molecule has 0 aliphatic heterocycles. The van der Waals surface area contributed by atoms with E-state index in [-0.39, 0.29) is 17.3 Å². The fourth-order valence-corrected chi connectivity index (χ4v) is 1.27. The van der Waals surface area contributed by atoms with E-state index >= 15 is 0 Å². The zero-order chi connectivity index (χ0) is 13.0. The van der Waals surface area contributed by atoms with Crippen LogP contribution in [0.15, 0.2) is 40.4 Å². The van der Waals surface area contributed by atoms with Gasteiger partial charge in [0.05, 0.1) is 6.21 Å². The number of aromatic nitrogens is 2. The van der Waals surface area contributed by atoms with Crippen LogP contribution in [-0.4, -0.2) is 21.3 Å². The Morgan fingerprint density at radius 3 is 2.94 bits per heavy atom. The molecule has 92 valence electrons. The normalized spacial score (nSPS) is 10.7. The zero-order valence-corrected chi connectivity index (χ0v) is 9.71. The second kappa shape index (κ2) is 5.13. The van der Waals surface area contributed by atoms with Gasteiger partial charge in [-0.2, -0.15) is 5.10 Å². The van der Waals surface area contributed by atoms with Crippen LogP contribution in [0.2, 0.25) is 0 Å². The van der Waals surface area contributed by atoms with Crippen LogP contribution < -0.4 is 11.0 Å². The van der Waals surface area contributed by atoms with Gasteiger partial charge in [-0.25, -0.2) is 10.4 Å². The van der Waals surface area contributed by atoms with Gasteiger partial charge >= 0.3 is 0 Å². The van der Waals surface area contributed by atoms with Crippen molar-refractivity contribution in [3.63, 3.8) is 0 Å². The number of phenolic OH excluding ortho intramolecular Hbond substituents is 1. The lowest BCUT2D eigenvalue weighted by Gasteiger charge is -2.00. The largest absolute Gasteiger partial charge is 0.507 e. The van der Waals surface area contributed by atoms with Crippen LogP contribution in [0.1, 0.15) is 11.1 Å². The van der Waals surface area contributed by atoms with Crippen LogP contribution in [0.4, 0.5) is 5.95 Å². The minimum Gasteiger partial charge on any atom is -0.507 e. The molecule has 0 unspecified atom stereocenters. The summed E-state index contributed by atoms with van der Waals surface area (Å²) in [5.41, 5.74) is 3.46. The van der Waals surface area contributed by atoms with Gasteiger partial charge in [-0.05, 0) is 19.1 Å². The second-order valence-corrected chi connectivity index (χ2v) is 3.67. The molecule has 2 rings (SSSR count). The van der Waals surface area contributed by atoms with Crippen molar-refractivity contribution in [3.05, 3.63) is 51.9 Å². The van der Waals surface area contributed by atoms with E-state index in [1.165, 1.54) is 12.4 Å². The van der Waals surface area contributed by atoms with Gasteiger partial charge < -0.3 is 5.11 Å².